The molecule has 5 heteroatoms. The molecule has 2 N–H and O–H groups in total. The van der Waals surface area contributed by atoms with Crippen LogP contribution in [0.2, 0.25) is 5.02 Å². The van der Waals surface area contributed by atoms with Gasteiger partial charge in [-0.15, -0.1) is 0 Å². The molecule has 0 amide bonds. The third-order valence-electron chi connectivity index (χ3n) is 3.76. The lowest BCUT2D eigenvalue weighted by atomic mass is 9.96. The fourth-order valence-electron chi connectivity index (χ4n) is 2.50. The van der Waals surface area contributed by atoms with E-state index >= 15 is 0 Å². The summed E-state index contributed by atoms with van der Waals surface area (Å²) in [5, 5.41) is 20.3. The van der Waals surface area contributed by atoms with Gasteiger partial charge >= 0.3 is 0 Å². The normalized spacial score (nSPS) is 10.4. The van der Waals surface area contributed by atoms with Crippen LogP contribution in [0.15, 0.2) is 66.7 Å². The van der Waals surface area contributed by atoms with Crippen molar-refractivity contribution < 1.29 is 19.8 Å². The fourth-order valence-corrected chi connectivity index (χ4v) is 2.73. The zero-order valence-corrected chi connectivity index (χ0v) is 13.7. The molecule has 0 aliphatic heterocycles. The van der Waals surface area contributed by atoms with Crippen LogP contribution in [-0.2, 0) is 0 Å². The molecule has 25 heavy (non-hydrogen) atoms. The quantitative estimate of drug-likeness (QED) is 0.690. The zero-order valence-electron chi connectivity index (χ0n) is 12.9. The van der Waals surface area contributed by atoms with Crippen LogP contribution in [0.4, 0.5) is 0 Å². The van der Waals surface area contributed by atoms with Crippen molar-refractivity contribution in [1.82, 2.24) is 0 Å². The molecule has 3 aromatic rings. The Morgan fingerprint density at radius 3 is 1.76 bits per heavy atom. The van der Waals surface area contributed by atoms with E-state index in [0.717, 1.165) is 6.07 Å². The van der Waals surface area contributed by atoms with E-state index in [4.69, 9.17) is 11.6 Å². The van der Waals surface area contributed by atoms with Gasteiger partial charge in [-0.1, -0.05) is 72.3 Å². The zero-order chi connectivity index (χ0) is 18.0. The van der Waals surface area contributed by atoms with Crippen LogP contribution in [0, 0.1) is 0 Å². The molecule has 0 fully saturated rings. The minimum atomic E-state index is -0.616. The summed E-state index contributed by atoms with van der Waals surface area (Å²) in [5.74, 6) is -2.17. The van der Waals surface area contributed by atoms with Gasteiger partial charge in [-0.05, 0) is 6.07 Å². The summed E-state index contributed by atoms with van der Waals surface area (Å²) in [6, 6.07) is 17.6. The molecule has 0 saturated carbocycles. The van der Waals surface area contributed by atoms with Crippen molar-refractivity contribution in [2.24, 2.45) is 0 Å². The molecule has 0 spiro atoms. The molecule has 0 unspecified atom stereocenters. The van der Waals surface area contributed by atoms with E-state index in [-0.39, 0.29) is 21.7 Å². The van der Waals surface area contributed by atoms with E-state index in [1.54, 1.807) is 60.7 Å². The third-order valence-corrected chi connectivity index (χ3v) is 4.14. The molecule has 0 aromatic heterocycles. The highest BCUT2D eigenvalue weighted by Gasteiger charge is 2.25. The van der Waals surface area contributed by atoms with Gasteiger partial charge in [0.15, 0.2) is 5.78 Å². The number of ketones is 2. The van der Waals surface area contributed by atoms with Gasteiger partial charge in [0.05, 0.1) is 5.02 Å². The van der Waals surface area contributed by atoms with Crippen LogP contribution in [0.5, 0.6) is 11.5 Å². The van der Waals surface area contributed by atoms with Gasteiger partial charge in [0.1, 0.15) is 17.1 Å². The molecular formula is C20H13ClO4. The van der Waals surface area contributed by atoms with Crippen molar-refractivity contribution in [2.45, 2.75) is 0 Å². The van der Waals surface area contributed by atoms with Crippen molar-refractivity contribution in [3.05, 3.63) is 94.0 Å². The van der Waals surface area contributed by atoms with Crippen LogP contribution < -0.4 is 0 Å². The van der Waals surface area contributed by atoms with E-state index < -0.39 is 23.1 Å². The number of aromatic hydroxyl groups is 2. The van der Waals surface area contributed by atoms with E-state index in [9.17, 15) is 19.8 Å². The summed E-state index contributed by atoms with van der Waals surface area (Å²) in [4.78, 5) is 25.1. The van der Waals surface area contributed by atoms with Gasteiger partial charge in [0.2, 0.25) is 5.78 Å². The van der Waals surface area contributed by atoms with Gasteiger partial charge in [0, 0.05) is 16.7 Å². The molecule has 4 nitrogen and oxygen atoms in total. The summed E-state index contributed by atoms with van der Waals surface area (Å²) in [5.41, 5.74) is 0.227. The molecule has 0 saturated heterocycles. The molecule has 0 atom stereocenters. The predicted molar refractivity (Wildman–Crippen MR) is 94.5 cm³/mol. The number of benzene rings is 3. The number of phenolic OH excluding ortho intramolecular Hbond substituents is 2. The van der Waals surface area contributed by atoms with Gasteiger partial charge < -0.3 is 10.2 Å². The topological polar surface area (TPSA) is 74.6 Å². The van der Waals surface area contributed by atoms with Crippen molar-refractivity contribution in [3.63, 3.8) is 0 Å². The molecule has 0 heterocycles. The lowest BCUT2D eigenvalue weighted by Gasteiger charge is -2.12. The van der Waals surface area contributed by atoms with E-state index in [1.807, 2.05) is 0 Å². The number of hydrogen-bond acceptors (Lipinski definition) is 4. The average molecular weight is 353 g/mol. The number of phenols is 2. The van der Waals surface area contributed by atoms with E-state index in [1.165, 1.54) is 0 Å². The highest BCUT2D eigenvalue weighted by molar-refractivity contribution is 6.37. The molecule has 0 aliphatic carbocycles. The van der Waals surface area contributed by atoms with Crippen molar-refractivity contribution in [2.75, 3.05) is 0 Å². The Bertz CT molecular complexity index is 950. The smallest absolute Gasteiger partial charge is 0.200 e. The van der Waals surface area contributed by atoms with E-state index in [0.29, 0.717) is 5.56 Å². The standard InChI is InChI=1S/C20H13ClO4/c21-17-14(18(23)12-7-3-1-4-8-12)11-15(22)16(20(17)25)19(24)13-9-5-2-6-10-13/h1-11,22,25H. The second-order valence-corrected chi connectivity index (χ2v) is 5.75. The monoisotopic (exact) mass is 352 g/mol. The van der Waals surface area contributed by atoms with Crippen LogP contribution in [0.25, 0.3) is 0 Å². The summed E-state index contributed by atoms with van der Waals surface area (Å²) in [7, 11) is 0. The SMILES string of the molecule is O=C(c1ccccc1)c1cc(O)c(C(=O)c2ccccc2)c(O)c1Cl. The first-order chi connectivity index (χ1) is 12.0. The molecular weight excluding hydrogens is 340 g/mol. The number of carbonyl (C=O) groups is 2. The van der Waals surface area contributed by atoms with Gasteiger partial charge in [0.25, 0.3) is 0 Å². The average Bonchev–Trinajstić information content (AvgIpc) is 2.65. The summed E-state index contributed by atoms with van der Waals surface area (Å²) >= 11 is 6.11. The number of carbonyl (C=O) groups excluding carboxylic acids is 2. The summed E-state index contributed by atoms with van der Waals surface area (Å²) in [6.45, 7) is 0. The van der Waals surface area contributed by atoms with Crippen molar-refractivity contribution in [1.29, 1.82) is 0 Å². The fraction of sp³-hybridized carbons (Fsp3) is 0. The Labute approximate surface area is 148 Å². The summed E-state index contributed by atoms with van der Waals surface area (Å²) < 4.78 is 0. The Morgan fingerprint density at radius 1 is 0.760 bits per heavy atom. The second kappa shape index (κ2) is 6.79. The molecule has 0 radical (unpaired) electrons. The van der Waals surface area contributed by atoms with Gasteiger partial charge in [-0.2, -0.15) is 0 Å². The van der Waals surface area contributed by atoms with Gasteiger partial charge in [-0.25, -0.2) is 0 Å². The Balaban J connectivity index is 2.09. The van der Waals surface area contributed by atoms with Crippen LogP contribution in [0.3, 0.4) is 0 Å². The molecule has 3 aromatic carbocycles. The molecule has 0 aliphatic rings. The Kier molecular flexibility index (Phi) is 4.55. The first-order valence-corrected chi connectivity index (χ1v) is 7.82. The number of halogens is 1. The van der Waals surface area contributed by atoms with Crippen molar-refractivity contribution in [3.8, 4) is 11.5 Å². The minimum Gasteiger partial charge on any atom is -0.507 e. The maximum atomic E-state index is 12.5. The maximum Gasteiger partial charge on any atom is 0.200 e. The largest absolute Gasteiger partial charge is 0.507 e. The highest BCUT2D eigenvalue weighted by atomic mass is 35.5. The molecule has 3 rings (SSSR count). The van der Waals surface area contributed by atoms with E-state index in [2.05, 4.69) is 0 Å². The van der Waals surface area contributed by atoms with Crippen LogP contribution >= 0.6 is 11.6 Å². The highest BCUT2D eigenvalue weighted by Crippen LogP contribution is 2.39. The maximum absolute atomic E-state index is 12.5. The summed E-state index contributed by atoms with van der Waals surface area (Å²) in [6.07, 6.45) is 0. The second-order valence-electron chi connectivity index (χ2n) is 5.37. The molecule has 124 valence electrons. The Hall–Kier alpha value is -3.11. The van der Waals surface area contributed by atoms with Crippen LogP contribution in [0.1, 0.15) is 31.8 Å². The number of rotatable bonds is 4. The molecule has 0 bridgehead atoms. The van der Waals surface area contributed by atoms with Crippen LogP contribution in [-0.4, -0.2) is 21.8 Å². The Morgan fingerprint density at radius 2 is 1.24 bits per heavy atom. The third kappa shape index (κ3) is 3.12. The lowest BCUT2D eigenvalue weighted by Crippen LogP contribution is -2.07. The van der Waals surface area contributed by atoms with Gasteiger partial charge in [-0.3, -0.25) is 9.59 Å². The predicted octanol–water partition coefficient (Wildman–Crippen LogP) is 4.21. The minimum absolute atomic E-state index is 0.0764. The lowest BCUT2D eigenvalue weighted by molar-refractivity contribution is 0.102. The number of hydrogen-bond donors (Lipinski definition) is 2. The first-order valence-electron chi connectivity index (χ1n) is 7.44. The first kappa shape index (κ1) is 16.7. The van der Waals surface area contributed by atoms with Crippen molar-refractivity contribution >= 4 is 23.2 Å².